The lowest BCUT2D eigenvalue weighted by molar-refractivity contribution is -0.275. The van der Waals surface area contributed by atoms with Gasteiger partial charge in [-0.15, -0.1) is 0 Å². The Hall–Kier alpha value is -1.91. The number of hydrogen-bond acceptors (Lipinski definition) is 4. The normalized spacial score (nSPS) is 13.2. The maximum absolute atomic E-state index is 12.7. The number of aliphatic hydroxyl groups is 1. The lowest BCUT2D eigenvalue weighted by atomic mass is 9.88. The van der Waals surface area contributed by atoms with Crippen LogP contribution in [0.2, 0.25) is 0 Å². The molecule has 0 aliphatic rings. The van der Waals surface area contributed by atoms with Crippen molar-refractivity contribution in [1.29, 1.82) is 0 Å². The Morgan fingerprint density at radius 2 is 0.941 bits per heavy atom. The summed E-state index contributed by atoms with van der Waals surface area (Å²) < 4.78 is 50.9. The number of carboxylic acids is 3. The molecular formula is C6H4F4O7. The molecule has 0 aromatic rings. The Morgan fingerprint density at radius 1 is 0.706 bits per heavy atom. The summed E-state index contributed by atoms with van der Waals surface area (Å²) in [6, 6.07) is 0. The lowest BCUT2D eigenvalue weighted by Crippen LogP contribution is -2.70. The molecule has 0 heterocycles. The fraction of sp³-hybridized carbons (Fsp3) is 0.500. The molecule has 4 N–H and O–H groups in total. The molecule has 7 nitrogen and oxygen atoms in total. The van der Waals surface area contributed by atoms with E-state index in [0.717, 1.165) is 0 Å². The molecule has 0 spiro atoms. The van der Waals surface area contributed by atoms with E-state index in [-0.39, 0.29) is 0 Å². The Labute approximate surface area is 88.9 Å². The highest BCUT2D eigenvalue weighted by molar-refractivity contribution is 5.96. The molecule has 11 heteroatoms. The van der Waals surface area contributed by atoms with Gasteiger partial charge in [0.05, 0.1) is 0 Å². The van der Waals surface area contributed by atoms with Gasteiger partial charge in [-0.2, -0.15) is 17.6 Å². The van der Waals surface area contributed by atoms with E-state index in [4.69, 9.17) is 20.4 Å². The van der Waals surface area contributed by atoms with Gasteiger partial charge < -0.3 is 20.4 Å². The first kappa shape index (κ1) is 15.1. The highest BCUT2D eigenvalue weighted by atomic mass is 19.3. The third-order valence-electron chi connectivity index (χ3n) is 1.76. The van der Waals surface area contributed by atoms with E-state index in [1.165, 1.54) is 0 Å². The summed E-state index contributed by atoms with van der Waals surface area (Å²) in [5, 5.41) is 32.4. The van der Waals surface area contributed by atoms with Gasteiger partial charge in [0.1, 0.15) is 0 Å². The standard InChI is InChI=1S/C6H4F4O7/c7-5(8,2(13)14)4(17,1(11)12)6(9,10)3(15)16/h17H,(H,11,12)(H,13,14)(H,15,16). The van der Waals surface area contributed by atoms with Crippen LogP contribution >= 0.6 is 0 Å². The van der Waals surface area contributed by atoms with E-state index in [0.29, 0.717) is 0 Å². The second-order valence-corrected chi connectivity index (χ2v) is 2.77. The van der Waals surface area contributed by atoms with Crippen LogP contribution in [0.1, 0.15) is 0 Å². The van der Waals surface area contributed by atoms with Crippen LogP contribution in [-0.4, -0.2) is 55.8 Å². The van der Waals surface area contributed by atoms with E-state index in [1.54, 1.807) is 0 Å². The van der Waals surface area contributed by atoms with Crippen LogP contribution < -0.4 is 0 Å². The Kier molecular flexibility index (Phi) is 3.40. The molecule has 0 aromatic heterocycles. The molecule has 0 fully saturated rings. The third kappa shape index (κ3) is 1.77. The minimum Gasteiger partial charge on any atom is -0.479 e. The first-order valence-corrected chi connectivity index (χ1v) is 3.51. The molecule has 0 saturated carbocycles. The molecular weight excluding hydrogens is 260 g/mol. The Bertz CT molecular complexity index is 351. The third-order valence-corrected chi connectivity index (χ3v) is 1.76. The lowest BCUT2D eigenvalue weighted by Gasteiger charge is -2.32. The first-order valence-electron chi connectivity index (χ1n) is 3.51. The van der Waals surface area contributed by atoms with E-state index < -0.39 is 35.4 Å². The number of hydrogen-bond donors (Lipinski definition) is 4. The number of carbonyl (C=O) groups is 3. The van der Waals surface area contributed by atoms with Crippen molar-refractivity contribution in [2.24, 2.45) is 0 Å². The van der Waals surface area contributed by atoms with Crippen LogP contribution in [0.3, 0.4) is 0 Å². The zero-order valence-electron chi connectivity index (χ0n) is 7.53. The summed E-state index contributed by atoms with van der Waals surface area (Å²) >= 11 is 0. The molecule has 0 aromatic carbocycles. The van der Waals surface area contributed by atoms with Gasteiger partial charge in [0, 0.05) is 0 Å². The molecule has 0 bridgehead atoms. The van der Waals surface area contributed by atoms with Crippen LogP contribution in [0, 0.1) is 0 Å². The van der Waals surface area contributed by atoms with Gasteiger partial charge in [-0.1, -0.05) is 0 Å². The molecule has 0 radical (unpaired) electrons. The fourth-order valence-corrected chi connectivity index (χ4v) is 0.775. The topological polar surface area (TPSA) is 132 Å². The van der Waals surface area contributed by atoms with E-state index in [2.05, 4.69) is 0 Å². The maximum Gasteiger partial charge on any atom is 0.388 e. The van der Waals surface area contributed by atoms with Crippen molar-refractivity contribution in [3.05, 3.63) is 0 Å². The summed E-state index contributed by atoms with van der Waals surface area (Å²) in [5.41, 5.74) is -5.61. The summed E-state index contributed by atoms with van der Waals surface area (Å²) in [4.78, 5) is 30.1. The van der Waals surface area contributed by atoms with Gasteiger partial charge in [0.2, 0.25) is 0 Å². The predicted octanol–water partition coefficient (Wildman–Crippen LogP) is -0.758. The highest BCUT2D eigenvalue weighted by Gasteiger charge is 2.80. The van der Waals surface area contributed by atoms with Crippen molar-refractivity contribution in [2.45, 2.75) is 17.4 Å². The summed E-state index contributed by atoms with van der Waals surface area (Å²) in [6.07, 6.45) is 0. The van der Waals surface area contributed by atoms with E-state index >= 15 is 0 Å². The SMILES string of the molecule is O=C(O)C(F)(F)C(O)(C(=O)O)C(F)(F)C(=O)O. The minimum absolute atomic E-state index is 3.39. The quantitative estimate of drug-likeness (QED) is 0.480. The Balaban J connectivity index is 6.07. The van der Waals surface area contributed by atoms with Crippen LogP contribution in [0.4, 0.5) is 17.6 Å². The molecule has 0 rings (SSSR count). The second kappa shape index (κ2) is 3.84. The van der Waals surface area contributed by atoms with Crippen molar-refractivity contribution in [3.63, 3.8) is 0 Å². The Morgan fingerprint density at radius 3 is 1.06 bits per heavy atom. The summed E-state index contributed by atoms with van der Waals surface area (Å²) in [6.45, 7) is 0. The van der Waals surface area contributed by atoms with Gasteiger partial charge in [0.15, 0.2) is 0 Å². The highest BCUT2D eigenvalue weighted by Crippen LogP contribution is 2.41. The largest absolute Gasteiger partial charge is 0.479 e. The van der Waals surface area contributed by atoms with Gasteiger partial charge in [-0.3, -0.25) is 0 Å². The smallest absolute Gasteiger partial charge is 0.388 e. The minimum atomic E-state index is -5.92. The van der Waals surface area contributed by atoms with E-state index in [1.807, 2.05) is 0 Å². The number of carboxylic acid groups (broad SMARTS) is 3. The van der Waals surface area contributed by atoms with Crippen molar-refractivity contribution in [3.8, 4) is 0 Å². The number of alkyl halides is 4. The summed E-state index contributed by atoms with van der Waals surface area (Å²) in [5.74, 6) is -22.1. The average molecular weight is 264 g/mol. The molecule has 0 amide bonds. The molecule has 0 atom stereocenters. The molecule has 17 heavy (non-hydrogen) atoms. The first-order chi connectivity index (χ1) is 7.33. The average Bonchev–Trinajstić information content (AvgIpc) is 2.14. The molecule has 0 saturated heterocycles. The molecule has 0 aliphatic heterocycles. The molecule has 0 unspecified atom stereocenters. The maximum atomic E-state index is 12.7. The monoisotopic (exact) mass is 264 g/mol. The van der Waals surface area contributed by atoms with Gasteiger partial charge >= 0.3 is 35.4 Å². The zero-order valence-corrected chi connectivity index (χ0v) is 7.53. The number of rotatable bonds is 5. The molecule has 98 valence electrons. The van der Waals surface area contributed by atoms with E-state index in [9.17, 15) is 31.9 Å². The van der Waals surface area contributed by atoms with Crippen molar-refractivity contribution in [1.82, 2.24) is 0 Å². The van der Waals surface area contributed by atoms with Crippen LogP contribution in [0.5, 0.6) is 0 Å². The summed E-state index contributed by atoms with van der Waals surface area (Å²) in [7, 11) is 0. The number of halogens is 4. The number of aliphatic carboxylic acids is 3. The zero-order chi connectivity index (χ0) is 14.2. The van der Waals surface area contributed by atoms with Crippen LogP contribution in [-0.2, 0) is 14.4 Å². The second-order valence-electron chi connectivity index (χ2n) is 2.77. The fourth-order valence-electron chi connectivity index (χ4n) is 0.775. The van der Waals surface area contributed by atoms with Gasteiger partial charge in [0.25, 0.3) is 0 Å². The van der Waals surface area contributed by atoms with Crippen molar-refractivity contribution >= 4 is 17.9 Å². The van der Waals surface area contributed by atoms with Crippen LogP contribution in [0.15, 0.2) is 0 Å². The van der Waals surface area contributed by atoms with Gasteiger partial charge in [-0.05, 0) is 0 Å². The van der Waals surface area contributed by atoms with Gasteiger partial charge in [-0.25, -0.2) is 14.4 Å². The predicted molar refractivity (Wildman–Crippen MR) is 37.8 cm³/mol. The molecule has 0 aliphatic carbocycles. The van der Waals surface area contributed by atoms with Crippen LogP contribution in [0.25, 0.3) is 0 Å². The van der Waals surface area contributed by atoms with Crippen molar-refractivity contribution < 1.29 is 52.4 Å². The van der Waals surface area contributed by atoms with Crippen molar-refractivity contribution in [2.75, 3.05) is 0 Å².